The third kappa shape index (κ3) is 3.03. The fraction of sp³-hybridized carbons (Fsp3) is 0.412. The van der Waals surface area contributed by atoms with Gasteiger partial charge < -0.3 is 15.4 Å². The quantitative estimate of drug-likeness (QED) is 0.684. The molecule has 0 amide bonds. The molecule has 1 atom stereocenters. The van der Waals surface area contributed by atoms with Crippen molar-refractivity contribution in [3.63, 3.8) is 0 Å². The number of thioether (sulfide) groups is 1. The van der Waals surface area contributed by atoms with Crippen LogP contribution in [0.2, 0.25) is 0 Å². The van der Waals surface area contributed by atoms with E-state index in [0.29, 0.717) is 17.4 Å². The van der Waals surface area contributed by atoms with Crippen molar-refractivity contribution in [1.29, 1.82) is 0 Å². The van der Waals surface area contributed by atoms with Gasteiger partial charge in [0.15, 0.2) is 4.34 Å². The van der Waals surface area contributed by atoms with Gasteiger partial charge in [-0.15, -0.1) is 10.2 Å². The Morgan fingerprint density at radius 1 is 1.25 bits per heavy atom. The maximum atomic E-state index is 10.5. The summed E-state index contributed by atoms with van der Waals surface area (Å²) in [5.74, 6) is 0.593. The molecule has 4 rings (SSSR count). The van der Waals surface area contributed by atoms with E-state index in [2.05, 4.69) is 39.0 Å². The third-order valence-electron chi connectivity index (χ3n) is 4.50. The van der Waals surface area contributed by atoms with E-state index in [0.717, 1.165) is 17.2 Å². The van der Waals surface area contributed by atoms with Gasteiger partial charge >= 0.3 is 0 Å². The van der Waals surface area contributed by atoms with E-state index < -0.39 is 6.10 Å². The Labute approximate surface area is 148 Å². The fourth-order valence-electron chi connectivity index (χ4n) is 3.51. The van der Waals surface area contributed by atoms with Crippen molar-refractivity contribution in [3.8, 4) is 0 Å². The lowest BCUT2D eigenvalue weighted by Crippen LogP contribution is -2.20. The van der Waals surface area contributed by atoms with Gasteiger partial charge in [0.2, 0.25) is 5.13 Å². The second kappa shape index (κ2) is 6.74. The molecular formula is C17H20N4OS2. The molecule has 0 saturated carbocycles. The number of rotatable bonds is 5. The molecular weight excluding hydrogens is 340 g/mol. The van der Waals surface area contributed by atoms with Crippen molar-refractivity contribution < 1.29 is 5.11 Å². The number of hydrogen-bond acceptors (Lipinski definition) is 6. The van der Waals surface area contributed by atoms with Gasteiger partial charge in [0.05, 0.1) is 6.10 Å². The summed E-state index contributed by atoms with van der Waals surface area (Å²) in [7, 11) is 0. The van der Waals surface area contributed by atoms with E-state index in [-0.39, 0.29) is 0 Å². The van der Waals surface area contributed by atoms with Crippen LogP contribution in [0.3, 0.4) is 0 Å². The molecule has 0 radical (unpaired) electrons. The Kier molecular flexibility index (Phi) is 4.47. The van der Waals surface area contributed by atoms with Crippen molar-refractivity contribution in [2.75, 3.05) is 11.5 Å². The molecule has 2 heterocycles. The zero-order valence-corrected chi connectivity index (χ0v) is 14.9. The number of para-hydroxylation sites is 1. The number of aliphatic hydroxyl groups excluding tert-OH is 1. The fourth-order valence-corrected chi connectivity index (χ4v) is 5.08. The lowest BCUT2D eigenvalue weighted by molar-refractivity contribution is 0.178. The van der Waals surface area contributed by atoms with Crippen molar-refractivity contribution in [2.24, 2.45) is 0 Å². The van der Waals surface area contributed by atoms with Crippen molar-refractivity contribution in [3.05, 3.63) is 35.5 Å². The van der Waals surface area contributed by atoms with Crippen molar-refractivity contribution in [1.82, 2.24) is 14.8 Å². The van der Waals surface area contributed by atoms with Gasteiger partial charge in [0, 0.05) is 28.9 Å². The maximum absolute atomic E-state index is 10.5. The van der Waals surface area contributed by atoms with Crippen molar-refractivity contribution >= 4 is 39.1 Å². The standard InChI is InChI=1S/C17H20N4OS2/c18-16-19-20-17(24-16)23-10-11(22)9-21-14-7-3-1-5-12(14)13-6-2-4-8-15(13)21/h1,3,5,7,11,22H,2,4,6,8-10H2,(H2,18,19). The van der Waals surface area contributed by atoms with Crippen molar-refractivity contribution in [2.45, 2.75) is 42.7 Å². The first kappa shape index (κ1) is 15.9. The molecule has 1 aliphatic rings. The second-order valence-electron chi connectivity index (χ2n) is 6.13. The highest BCUT2D eigenvalue weighted by atomic mass is 32.2. The SMILES string of the molecule is Nc1nnc(SCC(O)Cn2c3c(c4ccccc42)CCCC3)s1. The summed E-state index contributed by atoms with van der Waals surface area (Å²) in [4.78, 5) is 0. The molecule has 3 aromatic rings. The summed E-state index contributed by atoms with van der Waals surface area (Å²) in [5.41, 5.74) is 9.73. The summed E-state index contributed by atoms with van der Waals surface area (Å²) in [6.07, 6.45) is 4.33. The number of benzene rings is 1. The Morgan fingerprint density at radius 3 is 2.92 bits per heavy atom. The molecule has 1 aromatic carbocycles. The van der Waals surface area contributed by atoms with E-state index in [9.17, 15) is 5.11 Å². The number of fused-ring (bicyclic) bond motifs is 3. The number of hydrogen-bond donors (Lipinski definition) is 2. The first-order valence-corrected chi connectivity index (χ1v) is 10.0. The van der Waals surface area contributed by atoms with Crippen LogP contribution in [0.15, 0.2) is 28.6 Å². The number of aryl methyl sites for hydroxylation is 1. The monoisotopic (exact) mass is 360 g/mol. The van der Waals surface area contributed by atoms with Gasteiger partial charge in [-0.3, -0.25) is 0 Å². The molecule has 0 spiro atoms. The van der Waals surface area contributed by atoms with E-state index in [4.69, 9.17) is 5.73 Å². The highest BCUT2D eigenvalue weighted by molar-refractivity contribution is 8.01. The molecule has 3 N–H and O–H groups in total. The first-order chi connectivity index (χ1) is 11.7. The van der Waals surface area contributed by atoms with Crippen LogP contribution < -0.4 is 5.73 Å². The molecule has 7 heteroatoms. The molecule has 5 nitrogen and oxygen atoms in total. The predicted molar refractivity (Wildman–Crippen MR) is 99.6 cm³/mol. The Morgan fingerprint density at radius 2 is 2.08 bits per heavy atom. The zero-order valence-electron chi connectivity index (χ0n) is 13.3. The number of anilines is 1. The van der Waals surface area contributed by atoms with Gasteiger partial charge in [-0.1, -0.05) is 41.3 Å². The molecule has 0 fully saturated rings. The normalized spacial score (nSPS) is 15.5. The van der Waals surface area contributed by atoms with Crippen LogP contribution in [0, 0.1) is 0 Å². The van der Waals surface area contributed by atoms with Crippen LogP contribution in [0.1, 0.15) is 24.1 Å². The van der Waals surface area contributed by atoms with Crippen LogP contribution >= 0.6 is 23.1 Å². The van der Waals surface area contributed by atoms with Gasteiger partial charge in [0.25, 0.3) is 0 Å². The molecule has 1 unspecified atom stereocenters. The van der Waals surface area contributed by atoms with E-state index >= 15 is 0 Å². The van der Waals surface area contributed by atoms with Crippen LogP contribution in [0.4, 0.5) is 5.13 Å². The lowest BCUT2D eigenvalue weighted by atomic mass is 9.95. The number of nitrogen functional groups attached to an aromatic ring is 1. The highest BCUT2D eigenvalue weighted by Crippen LogP contribution is 2.32. The predicted octanol–water partition coefficient (Wildman–Crippen LogP) is 3.11. The molecule has 0 saturated heterocycles. The average Bonchev–Trinajstić information content (AvgIpc) is 3.16. The van der Waals surface area contributed by atoms with Gasteiger partial charge in [-0.25, -0.2) is 0 Å². The molecule has 24 heavy (non-hydrogen) atoms. The van der Waals surface area contributed by atoms with Crippen LogP contribution in [-0.2, 0) is 19.4 Å². The van der Waals surface area contributed by atoms with Gasteiger partial charge in [0.1, 0.15) is 0 Å². The largest absolute Gasteiger partial charge is 0.390 e. The van der Waals surface area contributed by atoms with Gasteiger partial charge in [-0.2, -0.15) is 0 Å². The van der Waals surface area contributed by atoms with Crippen LogP contribution in [0.25, 0.3) is 10.9 Å². The Bertz CT molecular complexity index is 858. The topological polar surface area (TPSA) is 77.0 Å². The van der Waals surface area contributed by atoms with Crippen LogP contribution in [0.5, 0.6) is 0 Å². The number of aromatic nitrogens is 3. The van der Waals surface area contributed by atoms with E-state index in [1.54, 1.807) is 0 Å². The summed E-state index contributed by atoms with van der Waals surface area (Å²) in [6, 6.07) is 8.56. The zero-order chi connectivity index (χ0) is 16.5. The average molecular weight is 361 g/mol. The Balaban J connectivity index is 1.55. The minimum atomic E-state index is -0.429. The highest BCUT2D eigenvalue weighted by Gasteiger charge is 2.21. The first-order valence-electron chi connectivity index (χ1n) is 8.21. The lowest BCUT2D eigenvalue weighted by Gasteiger charge is -2.18. The van der Waals surface area contributed by atoms with E-state index in [1.165, 1.54) is 58.1 Å². The number of nitrogens with zero attached hydrogens (tertiary/aromatic N) is 3. The van der Waals surface area contributed by atoms with Gasteiger partial charge in [-0.05, 0) is 37.3 Å². The molecule has 126 valence electrons. The summed E-state index contributed by atoms with van der Waals surface area (Å²) in [5, 5.41) is 20.2. The number of nitrogens with two attached hydrogens (primary N) is 1. The molecule has 0 aliphatic heterocycles. The minimum absolute atomic E-state index is 0.429. The number of aliphatic hydroxyl groups is 1. The smallest absolute Gasteiger partial charge is 0.203 e. The molecule has 2 aromatic heterocycles. The summed E-state index contributed by atoms with van der Waals surface area (Å²) >= 11 is 2.88. The third-order valence-corrected chi connectivity index (χ3v) is 6.53. The second-order valence-corrected chi connectivity index (χ2v) is 8.41. The molecule has 1 aliphatic carbocycles. The maximum Gasteiger partial charge on any atom is 0.203 e. The Hall–Kier alpha value is -1.57. The molecule has 0 bridgehead atoms. The van der Waals surface area contributed by atoms with Crippen LogP contribution in [-0.4, -0.2) is 31.7 Å². The van der Waals surface area contributed by atoms with E-state index in [1.807, 2.05) is 0 Å². The summed E-state index contributed by atoms with van der Waals surface area (Å²) < 4.78 is 3.13. The summed E-state index contributed by atoms with van der Waals surface area (Å²) in [6.45, 7) is 0.622. The minimum Gasteiger partial charge on any atom is -0.390 e.